The Morgan fingerprint density at radius 3 is 2.76 bits per heavy atom. The predicted molar refractivity (Wildman–Crippen MR) is 85.1 cm³/mol. The van der Waals surface area contributed by atoms with Crippen LogP contribution < -0.4 is 10.0 Å². The van der Waals surface area contributed by atoms with Crippen molar-refractivity contribution in [1.29, 1.82) is 0 Å². The Kier molecular flexibility index (Phi) is 5.43. The minimum Gasteiger partial charge on any atom is -0.375 e. The molecule has 1 aliphatic rings. The Balaban J connectivity index is 1.99. The number of hydrogen-bond donors (Lipinski definition) is 2. The first-order valence-corrected chi connectivity index (χ1v) is 9.64. The van der Waals surface area contributed by atoms with Crippen LogP contribution in [-0.2, 0) is 21.3 Å². The Bertz CT molecular complexity index is 563. The molecule has 1 fully saturated rings. The molecule has 0 saturated heterocycles. The molecule has 1 heterocycles. The maximum Gasteiger partial charge on any atom is 0.241 e. The number of nitrogens with one attached hydrogen (secondary N) is 2. The van der Waals surface area contributed by atoms with Gasteiger partial charge < -0.3 is 10.1 Å². The molecule has 0 unspecified atom stereocenters. The van der Waals surface area contributed by atoms with Crippen molar-refractivity contribution in [2.75, 3.05) is 13.2 Å². The van der Waals surface area contributed by atoms with Gasteiger partial charge in [-0.25, -0.2) is 13.1 Å². The van der Waals surface area contributed by atoms with Gasteiger partial charge in [0.05, 0.1) is 10.5 Å². The van der Waals surface area contributed by atoms with E-state index in [4.69, 9.17) is 4.74 Å². The van der Waals surface area contributed by atoms with Gasteiger partial charge in [0.1, 0.15) is 0 Å². The molecule has 1 aliphatic carbocycles. The fourth-order valence-electron chi connectivity index (χ4n) is 2.01. The van der Waals surface area contributed by atoms with E-state index in [-0.39, 0.29) is 6.54 Å². The maximum atomic E-state index is 12.4. The Hall–Kier alpha value is -0.470. The van der Waals surface area contributed by atoms with Crippen LogP contribution in [0.4, 0.5) is 0 Å². The summed E-state index contributed by atoms with van der Waals surface area (Å²) in [6.45, 7) is 7.09. The molecule has 0 aliphatic heterocycles. The highest BCUT2D eigenvalue weighted by atomic mass is 32.2. The van der Waals surface area contributed by atoms with Crippen molar-refractivity contribution in [1.82, 2.24) is 10.0 Å². The molecule has 120 valence electrons. The summed E-state index contributed by atoms with van der Waals surface area (Å²) in [5, 5.41) is 5.18. The lowest BCUT2D eigenvalue weighted by molar-refractivity contribution is -0.00515. The highest BCUT2D eigenvalue weighted by molar-refractivity contribution is 7.89. The average Bonchev–Trinajstić information content (AvgIpc) is 3.10. The first-order valence-electron chi connectivity index (χ1n) is 7.27. The standard InChI is InChI=1S/C14H24N2O3S2/c1-4-19-14(2,3)10-16-21(17,18)13-7-8-20-12(13)9-15-11-5-6-11/h7-8,11,15-16H,4-6,9-10H2,1-3H3. The van der Waals surface area contributed by atoms with E-state index in [0.29, 0.717) is 24.1 Å². The number of thiophene rings is 1. The molecule has 7 heteroatoms. The molecule has 0 aromatic carbocycles. The molecule has 2 N–H and O–H groups in total. The molecule has 0 atom stereocenters. The van der Waals surface area contributed by atoms with Crippen LogP contribution in [0.25, 0.3) is 0 Å². The van der Waals surface area contributed by atoms with Crippen LogP contribution in [0.15, 0.2) is 16.3 Å². The zero-order valence-electron chi connectivity index (χ0n) is 12.8. The van der Waals surface area contributed by atoms with Gasteiger partial charge in [-0.15, -0.1) is 11.3 Å². The molecule has 5 nitrogen and oxygen atoms in total. The fraction of sp³-hybridized carbons (Fsp3) is 0.714. The summed E-state index contributed by atoms with van der Waals surface area (Å²) in [6.07, 6.45) is 2.38. The lowest BCUT2D eigenvalue weighted by Crippen LogP contribution is -2.40. The molecule has 0 radical (unpaired) electrons. The smallest absolute Gasteiger partial charge is 0.241 e. The van der Waals surface area contributed by atoms with Crippen LogP contribution in [0.3, 0.4) is 0 Å². The highest BCUT2D eigenvalue weighted by Gasteiger charge is 2.26. The third-order valence-corrected chi connectivity index (χ3v) is 5.88. The fourth-order valence-corrected chi connectivity index (χ4v) is 4.60. The molecule has 0 bridgehead atoms. The van der Waals surface area contributed by atoms with Gasteiger partial charge in [0.2, 0.25) is 10.0 Å². The highest BCUT2D eigenvalue weighted by Crippen LogP contribution is 2.25. The summed E-state index contributed by atoms with van der Waals surface area (Å²) >= 11 is 1.48. The second-order valence-corrected chi connectivity index (χ2v) is 8.62. The Labute approximate surface area is 131 Å². The molecule has 0 amide bonds. The zero-order chi connectivity index (χ0) is 15.5. The molecule has 1 aromatic rings. The number of sulfonamides is 1. The van der Waals surface area contributed by atoms with Crippen LogP contribution in [0.5, 0.6) is 0 Å². The molecule has 1 saturated carbocycles. The normalized spacial score (nSPS) is 16.3. The zero-order valence-corrected chi connectivity index (χ0v) is 14.4. The van der Waals surface area contributed by atoms with Gasteiger partial charge >= 0.3 is 0 Å². The lowest BCUT2D eigenvalue weighted by atomic mass is 10.1. The summed E-state index contributed by atoms with van der Waals surface area (Å²) in [7, 11) is -3.49. The van der Waals surface area contributed by atoms with Gasteiger partial charge in [-0.1, -0.05) is 0 Å². The molecule has 0 spiro atoms. The largest absolute Gasteiger partial charge is 0.375 e. The van der Waals surface area contributed by atoms with Crippen molar-refractivity contribution in [3.05, 3.63) is 16.3 Å². The molecular formula is C14H24N2O3S2. The van der Waals surface area contributed by atoms with E-state index in [1.54, 1.807) is 6.07 Å². The van der Waals surface area contributed by atoms with Crippen LogP contribution in [0, 0.1) is 0 Å². The minimum absolute atomic E-state index is 0.258. The Morgan fingerprint density at radius 2 is 2.14 bits per heavy atom. The maximum absolute atomic E-state index is 12.4. The summed E-state index contributed by atoms with van der Waals surface area (Å²) in [4.78, 5) is 1.25. The van der Waals surface area contributed by atoms with Gasteiger partial charge in [0, 0.05) is 30.6 Å². The van der Waals surface area contributed by atoms with Gasteiger partial charge in [0.25, 0.3) is 0 Å². The van der Waals surface area contributed by atoms with Crippen LogP contribution in [0.2, 0.25) is 0 Å². The van der Waals surface area contributed by atoms with Crippen molar-refractivity contribution in [3.63, 3.8) is 0 Å². The summed E-state index contributed by atoms with van der Waals surface area (Å²) in [6, 6.07) is 2.23. The molecule has 1 aromatic heterocycles. The quantitative estimate of drug-likeness (QED) is 0.727. The van der Waals surface area contributed by atoms with Gasteiger partial charge in [-0.3, -0.25) is 0 Å². The van der Waals surface area contributed by atoms with Crippen molar-refractivity contribution in [2.24, 2.45) is 0 Å². The lowest BCUT2D eigenvalue weighted by Gasteiger charge is -2.24. The predicted octanol–water partition coefficient (Wildman–Crippen LogP) is 2.09. The van der Waals surface area contributed by atoms with Crippen molar-refractivity contribution in [2.45, 2.75) is 56.7 Å². The second-order valence-electron chi connectivity index (χ2n) is 5.88. The van der Waals surface area contributed by atoms with E-state index >= 15 is 0 Å². The Morgan fingerprint density at radius 1 is 1.43 bits per heavy atom. The number of rotatable bonds is 9. The minimum atomic E-state index is -3.49. The van der Waals surface area contributed by atoms with Gasteiger partial charge in [0.15, 0.2) is 0 Å². The van der Waals surface area contributed by atoms with Crippen LogP contribution in [0.1, 0.15) is 38.5 Å². The third kappa shape index (κ3) is 5.03. The van der Waals surface area contributed by atoms with Crippen molar-refractivity contribution in [3.8, 4) is 0 Å². The van der Waals surface area contributed by atoms with E-state index in [1.807, 2.05) is 26.2 Å². The first kappa shape index (κ1) is 16.9. The second kappa shape index (κ2) is 6.75. The number of hydrogen-bond acceptors (Lipinski definition) is 5. The van der Waals surface area contributed by atoms with Gasteiger partial charge in [-0.2, -0.15) is 0 Å². The SMILES string of the molecule is CCOC(C)(C)CNS(=O)(=O)c1ccsc1CNC1CC1. The van der Waals surface area contributed by atoms with E-state index in [2.05, 4.69) is 10.0 Å². The van der Waals surface area contributed by atoms with Gasteiger partial charge in [-0.05, 0) is 45.1 Å². The summed E-state index contributed by atoms with van der Waals surface area (Å²) in [5.74, 6) is 0. The average molecular weight is 332 g/mol. The van der Waals surface area contributed by atoms with E-state index in [0.717, 1.165) is 4.88 Å². The van der Waals surface area contributed by atoms with Crippen molar-refractivity contribution < 1.29 is 13.2 Å². The third-order valence-electron chi connectivity index (χ3n) is 3.35. The van der Waals surface area contributed by atoms with Crippen LogP contribution >= 0.6 is 11.3 Å². The van der Waals surface area contributed by atoms with E-state index < -0.39 is 15.6 Å². The molecule has 21 heavy (non-hydrogen) atoms. The van der Waals surface area contributed by atoms with Crippen LogP contribution in [-0.4, -0.2) is 33.2 Å². The number of ether oxygens (including phenoxy) is 1. The molecular weight excluding hydrogens is 308 g/mol. The summed E-state index contributed by atoms with van der Waals surface area (Å²) < 4.78 is 33.1. The van der Waals surface area contributed by atoms with E-state index in [9.17, 15) is 8.42 Å². The van der Waals surface area contributed by atoms with E-state index in [1.165, 1.54) is 24.2 Å². The first-order chi connectivity index (χ1) is 9.84. The van der Waals surface area contributed by atoms with Crippen molar-refractivity contribution >= 4 is 21.4 Å². The topological polar surface area (TPSA) is 67.4 Å². The molecule has 2 rings (SSSR count). The monoisotopic (exact) mass is 332 g/mol. The summed E-state index contributed by atoms with van der Waals surface area (Å²) in [5.41, 5.74) is -0.510.